The van der Waals surface area contributed by atoms with Crippen LogP contribution < -0.4 is 12.4 Å². The molecule has 2 N–H and O–H groups in total. The lowest BCUT2D eigenvalue weighted by Gasteiger charge is -2.33. The highest BCUT2D eigenvalue weighted by atomic mass is 35.5. The molecule has 0 aromatic rings. The first-order chi connectivity index (χ1) is 11.6. The predicted molar refractivity (Wildman–Crippen MR) is 97.8 cm³/mol. The van der Waals surface area contributed by atoms with Gasteiger partial charge in [-0.3, -0.25) is 4.79 Å². The average molecular weight is 382 g/mol. The van der Waals surface area contributed by atoms with Crippen LogP contribution in [0.25, 0.3) is 0 Å². The third-order valence-electron chi connectivity index (χ3n) is 4.66. The summed E-state index contributed by atoms with van der Waals surface area (Å²) in [6, 6.07) is 0. The summed E-state index contributed by atoms with van der Waals surface area (Å²) in [5.41, 5.74) is 0. The third-order valence-corrected chi connectivity index (χ3v) is 4.66. The number of quaternary nitrogens is 1. The van der Waals surface area contributed by atoms with Crippen LogP contribution >= 0.6 is 0 Å². The molecule has 152 valence electrons. The highest BCUT2D eigenvalue weighted by molar-refractivity contribution is 5.69. The molecule has 0 aromatic heterocycles. The van der Waals surface area contributed by atoms with Crippen LogP contribution in [0.1, 0.15) is 71.1 Å². The molecule has 0 heterocycles. The smallest absolute Gasteiger partial charge is 0.305 e. The van der Waals surface area contributed by atoms with E-state index in [0.717, 1.165) is 12.8 Å². The number of nitrogens with zero attached hydrogens (tertiary/aromatic N) is 1. The molecule has 0 fully saturated rings. The van der Waals surface area contributed by atoms with Crippen molar-refractivity contribution in [3.05, 3.63) is 0 Å². The zero-order valence-corrected chi connectivity index (χ0v) is 17.1. The number of carbonyl (C=O) groups excluding carboxylic acids is 1. The maximum atomic E-state index is 11.7. The van der Waals surface area contributed by atoms with Crippen LogP contribution in [0.3, 0.4) is 0 Å². The second-order valence-corrected chi connectivity index (χ2v) is 7.04. The first-order valence-electron chi connectivity index (χ1n) is 9.79. The van der Waals surface area contributed by atoms with Gasteiger partial charge in [0.25, 0.3) is 0 Å². The van der Waals surface area contributed by atoms with E-state index in [4.69, 9.17) is 14.9 Å². The molecule has 0 aliphatic carbocycles. The summed E-state index contributed by atoms with van der Waals surface area (Å²) >= 11 is 0. The van der Waals surface area contributed by atoms with Gasteiger partial charge in [-0.25, -0.2) is 0 Å². The van der Waals surface area contributed by atoms with E-state index in [-0.39, 0.29) is 31.6 Å². The van der Waals surface area contributed by atoms with Gasteiger partial charge in [0.15, 0.2) is 0 Å². The number of esters is 1. The van der Waals surface area contributed by atoms with Crippen LogP contribution in [0.15, 0.2) is 0 Å². The Morgan fingerprint density at radius 2 is 1.32 bits per heavy atom. The quantitative estimate of drug-likeness (QED) is 0.209. The number of unbranched alkanes of at least 4 members (excludes halogenated alkanes) is 8. The Labute approximate surface area is 160 Å². The van der Waals surface area contributed by atoms with Gasteiger partial charge >= 0.3 is 5.97 Å². The summed E-state index contributed by atoms with van der Waals surface area (Å²) in [4.78, 5) is 11.7. The van der Waals surface area contributed by atoms with Crippen LogP contribution in [-0.4, -0.2) is 67.2 Å². The van der Waals surface area contributed by atoms with E-state index in [1.165, 1.54) is 44.9 Å². The van der Waals surface area contributed by atoms with Crippen molar-refractivity contribution >= 4 is 5.97 Å². The number of aliphatic hydroxyl groups is 2. The fraction of sp³-hybridized carbons (Fsp3) is 0.947. The number of halogens is 1. The first kappa shape index (κ1) is 26.9. The molecule has 0 saturated heterocycles. The van der Waals surface area contributed by atoms with E-state index in [1.807, 2.05) is 7.05 Å². The molecule has 0 aromatic carbocycles. The van der Waals surface area contributed by atoms with Gasteiger partial charge in [-0.2, -0.15) is 0 Å². The van der Waals surface area contributed by atoms with Crippen molar-refractivity contribution in [3.63, 3.8) is 0 Å². The van der Waals surface area contributed by atoms with Gasteiger partial charge in [0, 0.05) is 6.42 Å². The van der Waals surface area contributed by atoms with Gasteiger partial charge in [0.05, 0.1) is 20.3 Å². The van der Waals surface area contributed by atoms with Crippen molar-refractivity contribution in [1.29, 1.82) is 0 Å². The Hall–Kier alpha value is -0.360. The first-order valence-corrected chi connectivity index (χ1v) is 9.79. The van der Waals surface area contributed by atoms with Crippen LogP contribution in [0.5, 0.6) is 0 Å². The number of hydrogen-bond donors (Lipinski definition) is 2. The summed E-state index contributed by atoms with van der Waals surface area (Å²) in [6.07, 6.45) is 11.6. The molecule has 25 heavy (non-hydrogen) atoms. The predicted octanol–water partition coefficient (Wildman–Crippen LogP) is -0.114. The summed E-state index contributed by atoms with van der Waals surface area (Å²) in [5.74, 6) is -0.127. The van der Waals surface area contributed by atoms with E-state index in [1.54, 1.807) is 0 Å². The lowest BCUT2D eigenvalue weighted by Crippen LogP contribution is -3.00. The number of aliphatic hydroxyl groups excluding tert-OH is 2. The van der Waals surface area contributed by atoms with Crippen molar-refractivity contribution in [2.75, 3.05) is 46.5 Å². The van der Waals surface area contributed by atoms with Crippen LogP contribution in [0, 0.1) is 0 Å². The van der Waals surface area contributed by atoms with Gasteiger partial charge < -0.3 is 31.8 Å². The fourth-order valence-corrected chi connectivity index (χ4v) is 2.85. The van der Waals surface area contributed by atoms with E-state index in [2.05, 4.69) is 6.92 Å². The van der Waals surface area contributed by atoms with Crippen molar-refractivity contribution < 1.29 is 36.6 Å². The zero-order chi connectivity index (χ0) is 18.1. The second kappa shape index (κ2) is 18.4. The standard InChI is InChI=1S/C19H40NO4.ClH/c1-3-4-5-6-7-8-9-10-11-12-19(23)24-18-15-20(2,13-16-21)14-17-22;/h21-22H,3-18H2,1-2H3;1H/q+1;/p-1. The highest BCUT2D eigenvalue weighted by Gasteiger charge is 2.20. The Bertz CT molecular complexity index is 297. The van der Waals surface area contributed by atoms with Gasteiger partial charge in [-0.1, -0.05) is 58.3 Å². The van der Waals surface area contributed by atoms with Crippen molar-refractivity contribution in [2.45, 2.75) is 71.1 Å². The number of ether oxygens (including phenoxy) is 1. The van der Waals surface area contributed by atoms with Crippen molar-refractivity contribution in [1.82, 2.24) is 0 Å². The second-order valence-electron chi connectivity index (χ2n) is 7.04. The molecule has 0 bridgehead atoms. The summed E-state index contributed by atoms with van der Waals surface area (Å²) < 4.78 is 5.81. The molecule has 0 unspecified atom stereocenters. The minimum atomic E-state index is -0.127. The van der Waals surface area contributed by atoms with E-state index in [0.29, 0.717) is 37.1 Å². The molecular formula is C19H40ClNO4. The Kier molecular flexibility index (Phi) is 19.8. The van der Waals surface area contributed by atoms with E-state index >= 15 is 0 Å². The zero-order valence-electron chi connectivity index (χ0n) is 16.3. The van der Waals surface area contributed by atoms with E-state index in [9.17, 15) is 4.79 Å². The maximum Gasteiger partial charge on any atom is 0.305 e. The van der Waals surface area contributed by atoms with Crippen LogP contribution in [-0.2, 0) is 9.53 Å². The van der Waals surface area contributed by atoms with Gasteiger partial charge in [0.2, 0.25) is 0 Å². The van der Waals surface area contributed by atoms with Crippen LogP contribution in [0.2, 0.25) is 0 Å². The number of carbonyl (C=O) groups is 1. The average Bonchev–Trinajstić information content (AvgIpc) is 2.53. The molecule has 0 aliphatic heterocycles. The molecule has 0 saturated carbocycles. The largest absolute Gasteiger partial charge is 1.00 e. The maximum absolute atomic E-state index is 11.7. The molecular weight excluding hydrogens is 342 g/mol. The summed E-state index contributed by atoms with van der Waals surface area (Å²) in [6.45, 7) is 4.49. The Balaban J connectivity index is 0. The molecule has 0 amide bonds. The normalized spacial score (nSPS) is 11.2. The van der Waals surface area contributed by atoms with Crippen molar-refractivity contribution in [3.8, 4) is 0 Å². The fourth-order valence-electron chi connectivity index (χ4n) is 2.85. The molecule has 0 radical (unpaired) electrons. The molecule has 0 rings (SSSR count). The van der Waals surface area contributed by atoms with E-state index < -0.39 is 0 Å². The highest BCUT2D eigenvalue weighted by Crippen LogP contribution is 2.11. The van der Waals surface area contributed by atoms with Crippen LogP contribution in [0.4, 0.5) is 0 Å². The lowest BCUT2D eigenvalue weighted by atomic mass is 10.1. The summed E-state index contributed by atoms with van der Waals surface area (Å²) in [5, 5.41) is 18.2. The Morgan fingerprint density at radius 3 is 1.80 bits per heavy atom. The molecule has 6 heteroatoms. The monoisotopic (exact) mass is 381 g/mol. The SMILES string of the molecule is CCCCCCCCCCCC(=O)OCC[N+](C)(CCO)CCO.[Cl-]. The minimum absolute atomic E-state index is 0. The molecule has 5 nitrogen and oxygen atoms in total. The third kappa shape index (κ3) is 16.8. The molecule has 0 spiro atoms. The number of rotatable bonds is 17. The molecule has 0 aliphatic rings. The lowest BCUT2D eigenvalue weighted by molar-refractivity contribution is -0.910. The minimum Gasteiger partial charge on any atom is -1.00 e. The number of likely N-dealkylation sites (N-methyl/N-ethyl adjacent to an activating group) is 1. The topological polar surface area (TPSA) is 66.8 Å². The van der Waals surface area contributed by atoms with Gasteiger partial charge in [0.1, 0.15) is 26.2 Å². The number of hydrogen-bond acceptors (Lipinski definition) is 4. The summed E-state index contributed by atoms with van der Waals surface area (Å²) in [7, 11) is 1.96. The van der Waals surface area contributed by atoms with Gasteiger partial charge in [-0.15, -0.1) is 0 Å². The van der Waals surface area contributed by atoms with Gasteiger partial charge in [-0.05, 0) is 6.42 Å². The Morgan fingerprint density at radius 1 is 0.840 bits per heavy atom. The van der Waals surface area contributed by atoms with Crippen molar-refractivity contribution in [2.24, 2.45) is 0 Å². The molecule has 0 atom stereocenters.